The van der Waals surface area contributed by atoms with Crippen molar-refractivity contribution in [3.05, 3.63) is 35.9 Å². The average Bonchev–Trinajstić information content (AvgIpc) is 3.51. The van der Waals surface area contributed by atoms with Gasteiger partial charge in [-0.3, -0.25) is 9.89 Å². The zero-order valence-corrected chi connectivity index (χ0v) is 20.5. The largest absolute Gasteiger partial charge is 0.493 e. The molecule has 3 aliphatic rings. The third-order valence-corrected chi connectivity index (χ3v) is 6.34. The van der Waals surface area contributed by atoms with Crippen molar-refractivity contribution in [2.75, 3.05) is 40.3 Å². The van der Waals surface area contributed by atoms with Crippen LogP contribution in [-0.2, 0) is 6.54 Å². The van der Waals surface area contributed by atoms with Crippen LogP contribution in [0.2, 0.25) is 0 Å². The lowest BCUT2D eigenvalue weighted by Crippen LogP contribution is -2.42. The molecule has 6 nitrogen and oxygen atoms in total. The molecule has 0 radical (unpaired) electrons. The summed E-state index contributed by atoms with van der Waals surface area (Å²) in [6.07, 6.45) is 10.8. The summed E-state index contributed by atoms with van der Waals surface area (Å²) in [6.45, 7) is 4.92. The van der Waals surface area contributed by atoms with Crippen LogP contribution in [0.3, 0.4) is 0 Å². The van der Waals surface area contributed by atoms with Crippen LogP contribution in [0.15, 0.2) is 35.3 Å². The predicted octanol–water partition coefficient (Wildman–Crippen LogP) is 3.66. The molecule has 0 aromatic heterocycles. The van der Waals surface area contributed by atoms with Gasteiger partial charge in [0.15, 0.2) is 17.5 Å². The van der Waals surface area contributed by atoms with Crippen molar-refractivity contribution in [1.29, 1.82) is 0 Å². The van der Waals surface area contributed by atoms with Gasteiger partial charge in [-0.1, -0.05) is 24.3 Å². The van der Waals surface area contributed by atoms with Crippen molar-refractivity contribution >= 4 is 29.9 Å². The van der Waals surface area contributed by atoms with E-state index in [1.807, 2.05) is 19.2 Å². The number of rotatable bonds is 6. The van der Waals surface area contributed by atoms with Crippen molar-refractivity contribution in [2.24, 2.45) is 4.99 Å². The summed E-state index contributed by atoms with van der Waals surface area (Å²) in [4.78, 5) is 9.47. The monoisotopic (exact) mass is 526 g/mol. The zero-order valence-electron chi connectivity index (χ0n) is 18.2. The van der Waals surface area contributed by atoms with Crippen LogP contribution in [0.4, 0.5) is 0 Å². The van der Waals surface area contributed by atoms with Gasteiger partial charge >= 0.3 is 0 Å². The number of aliphatic imine (C=N–C) groups is 1. The van der Waals surface area contributed by atoms with Crippen LogP contribution < -0.4 is 14.8 Å². The van der Waals surface area contributed by atoms with Crippen LogP contribution >= 0.6 is 24.0 Å². The average molecular weight is 526 g/mol. The smallest absolute Gasteiger partial charge is 0.193 e. The Morgan fingerprint density at radius 1 is 1.17 bits per heavy atom. The number of methoxy groups -OCH3 is 1. The summed E-state index contributed by atoms with van der Waals surface area (Å²) in [5.74, 6) is 2.66. The SMILES string of the molecule is CN=C(NCc1cccc(OC)c1OC1CCCC1)N1CCC(N2CC=CC2)C1.I. The molecule has 1 saturated carbocycles. The minimum atomic E-state index is 0. The number of halogens is 1. The lowest BCUT2D eigenvalue weighted by atomic mass is 10.1. The van der Waals surface area contributed by atoms with E-state index in [1.165, 1.54) is 19.3 Å². The van der Waals surface area contributed by atoms with E-state index in [0.29, 0.717) is 18.7 Å². The molecule has 166 valence electrons. The van der Waals surface area contributed by atoms with Gasteiger partial charge in [0.2, 0.25) is 0 Å². The topological polar surface area (TPSA) is 49.3 Å². The summed E-state index contributed by atoms with van der Waals surface area (Å²) in [5, 5.41) is 3.56. The highest BCUT2D eigenvalue weighted by Gasteiger charge is 2.29. The second-order valence-corrected chi connectivity index (χ2v) is 8.19. The molecule has 1 aromatic carbocycles. The summed E-state index contributed by atoms with van der Waals surface area (Å²) in [6, 6.07) is 6.75. The molecule has 0 spiro atoms. The Morgan fingerprint density at radius 2 is 1.93 bits per heavy atom. The van der Waals surface area contributed by atoms with Crippen molar-refractivity contribution < 1.29 is 9.47 Å². The molecule has 2 aliphatic heterocycles. The Morgan fingerprint density at radius 3 is 2.63 bits per heavy atom. The maximum absolute atomic E-state index is 6.37. The first-order valence-electron chi connectivity index (χ1n) is 11.0. The van der Waals surface area contributed by atoms with Crippen molar-refractivity contribution in [3.63, 3.8) is 0 Å². The summed E-state index contributed by atoms with van der Waals surface area (Å²) in [7, 11) is 3.58. The van der Waals surface area contributed by atoms with E-state index in [0.717, 1.165) is 62.0 Å². The summed E-state index contributed by atoms with van der Waals surface area (Å²) >= 11 is 0. The fraction of sp³-hybridized carbons (Fsp3) is 0.609. The lowest BCUT2D eigenvalue weighted by Gasteiger charge is -2.26. The molecule has 0 bridgehead atoms. The Labute approximate surface area is 197 Å². The van der Waals surface area contributed by atoms with E-state index in [2.05, 4.69) is 38.3 Å². The fourth-order valence-corrected chi connectivity index (χ4v) is 4.70. The Hall–Kier alpha value is -1.48. The molecule has 1 saturated heterocycles. The van der Waals surface area contributed by atoms with E-state index in [-0.39, 0.29) is 24.0 Å². The number of benzene rings is 1. The highest BCUT2D eigenvalue weighted by Crippen LogP contribution is 2.34. The van der Waals surface area contributed by atoms with Gasteiger partial charge in [0.1, 0.15) is 0 Å². The molecule has 1 N–H and O–H groups in total. The number of nitrogens with one attached hydrogen (secondary N) is 1. The maximum atomic E-state index is 6.37. The number of likely N-dealkylation sites (tertiary alicyclic amines) is 1. The van der Waals surface area contributed by atoms with Gasteiger partial charge in [0, 0.05) is 51.4 Å². The van der Waals surface area contributed by atoms with Gasteiger partial charge in [-0.05, 0) is 38.2 Å². The van der Waals surface area contributed by atoms with Crippen molar-refractivity contribution in [1.82, 2.24) is 15.1 Å². The lowest BCUT2D eigenvalue weighted by molar-refractivity contribution is 0.198. The van der Waals surface area contributed by atoms with Crippen molar-refractivity contribution in [3.8, 4) is 11.5 Å². The molecule has 1 atom stereocenters. The predicted molar refractivity (Wildman–Crippen MR) is 132 cm³/mol. The molecule has 0 amide bonds. The van der Waals surface area contributed by atoms with E-state index in [4.69, 9.17) is 9.47 Å². The zero-order chi connectivity index (χ0) is 20.1. The second kappa shape index (κ2) is 11.2. The van der Waals surface area contributed by atoms with E-state index in [1.54, 1.807) is 7.11 Å². The standard InChI is InChI=1S/C23H34N4O2.HI/c1-24-23(27-15-12-19(17-27)26-13-5-6-14-26)25-16-18-8-7-11-21(28-2)22(18)29-20-9-3-4-10-20;/h5-8,11,19-20H,3-4,9-10,12-17H2,1-2H3,(H,24,25);1H. The number of hydrogen-bond donors (Lipinski definition) is 1. The van der Waals surface area contributed by atoms with Gasteiger partial charge < -0.3 is 19.7 Å². The first-order valence-corrected chi connectivity index (χ1v) is 11.0. The van der Waals surface area contributed by atoms with Crippen LogP contribution in [0.1, 0.15) is 37.7 Å². The highest BCUT2D eigenvalue weighted by molar-refractivity contribution is 14.0. The Balaban J connectivity index is 0.00000256. The van der Waals surface area contributed by atoms with Gasteiger partial charge in [0.05, 0.1) is 13.2 Å². The molecule has 2 fully saturated rings. The Bertz CT molecular complexity index is 741. The number of nitrogens with zero attached hydrogens (tertiary/aromatic N) is 3. The molecule has 2 heterocycles. The first-order chi connectivity index (χ1) is 14.3. The quantitative estimate of drug-likeness (QED) is 0.266. The van der Waals surface area contributed by atoms with Gasteiger partial charge in [-0.15, -0.1) is 24.0 Å². The van der Waals surface area contributed by atoms with E-state index >= 15 is 0 Å². The fourth-order valence-electron chi connectivity index (χ4n) is 4.70. The third kappa shape index (κ3) is 5.41. The van der Waals surface area contributed by atoms with E-state index in [9.17, 15) is 0 Å². The molecule has 4 rings (SSSR count). The second-order valence-electron chi connectivity index (χ2n) is 8.19. The highest BCUT2D eigenvalue weighted by atomic mass is 127. The number of para-hydroxylation sites is 1. The van der Waals surface area contributed by atoms with Crippen LogP contribution in [0.5, 0.6) is 11.5 Å². The molecule has 1 aliphatic carbocycles. The van der Waals surface area contributed by atoms with Crippen LogP contribution in [-0.4, -0.2) is 68.2 Å². The number of ether oxygens (including phenoxy) is 2. The van der Waals surface area contributed by atoms with Gasteiger partial charge in [0.25, 0.3) is 0 Å². The van der Waals surface area contributed by atoms with Crippen LogP contribution in [0.25, 0.3) is 0 Å². The minimum Gasteiger partial charge on any atom is -0.493 e. The normalized spacial score (nSPS) is 22.4. The van der Waals surface area contributed by atoms with Gasteiger partial charge in [-0.2, -0.15) is 0 Å². The third-order valence-electron chi connectivity index (χ3n) is 6.34. The molecule has 1 unspecified atom stereocenters. The van der Waals surface area contributed by atoms with Gasteiger partial charge in [-0.25, -0.2) is 0 Å². The summed E-state index contributed by atoms with van der Waals surface area (Å²) < 4.78 is 12.0. The van der Waals surface area contributed by atoms with E-state index < -0.39 is 0 Å². The van der Waals surface area contributed by atoms with Crippen LogP contribution in [0, 0.1) is 0 Å². The molecule has 30 heavy (non-hydrogen) atoms. The Kier molecular flexibility index (Phi) is 8.68. The number of guanidine groups is 1. The maximum Gasteiger partial charge on any atom is 0.193 e. The number of hydrogen-bond acceptors (Lipinski definition) is 4. The first kappa shape index (κ1) is 23.2. The molecule has 1 aromatic rings. The minimum absolute atomic E-state index is 0. The molecule has 7 heteroatoms. The van der Waals surface area contributed by atoms with Crippen molar-refractivity contribution in [2.45, 2.75) is 50.8 Å². The summed E-state index contributed by atoms with van der Waals surface area (Å²) in [5.41, 5.74) is 1.12. The molecular weight excluding hydrogens is 491 g/mol. The molecular formula is C23H35IN4O2.